The van der Waals surface area contributed by atoms with Crippen molar-refractivity contribution >= 4 is 19.7 Å². The predicted molar refractivity (Wildman–Crippen MR) is 84.9 cm³/mol. The zero-order valence-electron chi connectivity index (χ0n) is 12.1. The maximum absolute atomic E-state index is 10.6. The van der Waals surface area contributed by atoms with Gasteiger partial charge in [0, 0.05) is 10.7 Å². The van der Waals surface area contributed by atoms with Crippen LogP contribution in [0.4, 0.5) is 0 Å². The minimum atomic E-state index is -3.53. The van der Waals surface area contributed by atoms with Crippen LogP contribution in [-0.4, -0.2) is 8.42 Å². The normalized spacial score (nSPS) is 10.7. The van der Waals surface area contributed by atoms with Crippen LogP contribution in [0.2, 0.25) is 0 Å². The topological polar surface area (TPSA) is 34.1 Å². The molecule has 2 aromatic carbocycles. The summed E-state index contributed by atoms with van der Waals surface area (Å²) < 4.78 is 21.2. The van der Waals surface area contributed by atoms with E-state index in [-0.39, 0.29) is 4.90 Å². The van der Waals surface area contributed by atoms with E-state index in [0.717, 1.165) is 0 Å². The third-order valence-corrected chi connectivity index (χ3v) is 4.50. The lowest BCUT2D eigenvalue weighted by atomic mass is 10.0. The van der Waals surface area contributed by atoms with Crippen LogP contribution < -0.4 is 0 Å². The Morgan fingerprint density at radius 1 is 0.750 bits per heavy atom. The Balaban J connectivity index is 0.000000200. The van der Waals surface area contributed by atoms with E-state index in [1.54, 1.807) is 18.2 Å². The van der Waals surface area contributed by atoms with Gasteiger partial charge >= 0.3 is 0 Å². The summed E-state index contributed by atoms with van der Waals surface area (Å²) in [7, 11) is 1.50. The number of aryl methyl sites for hydroxylation is 4. The van der Waals surface area contributed by atoms with Gasteiger partial charge in [-0.1, -0.05) is 30.3 Å². The lowest BCUT2D eigenvalue weighted by Gasteiger charge is -2.04. The van der Waals surface area contributed by atoms with Gasteiger partial charge in [-0.2, -0.15) is 0 Å². The number of hydrogen-bond donors (Lipinski definition) is 0. The van der Waals surface area contributed by atoms with Gasteiger partial charge < -0.3 is 0 Å². The molecule has 2 nitrogen and oxygen atoms in total. The van der Waals surface area contributed by atoms with Crippen LogP contribution in [0.15, 0.2) is 47.4 Å². The smallest absolute Gasteiger partial charge is 0.207 e. The third kappa shape index (κ3) is 4.99. The molecule has 0 aliphatic rings. The Hall–Kier alpha value is -1.32. The summed E-state index contributed by atoms with van der Waals surface area (Å²) in [5.74, 6) is 0. The minimum absolute atomic E-state index is 0.136. The molecule has 0 unspecified atom stereocenters. The highest BCUT2D eigenvalue weighted by Gasteiger charge is 2.06. The molecule has 4 heteroatoms. The van der Waals surface area contributed by atoms with E-state index in [9.17, 15) is 8.42 Å². The van der Waals surface area contributed by atoms with Crippen molar-refractivity contribution in [2.75, 3.05) is 0 Å². The monoisotopic (exact) mass is 310 g/mol. The first kappa shape index (κ1) is 16.7. The molecule has 0 aromatic heterocycles. The number of benzene rings is 2. The van der Waals surface area contributed by atoms with E-state index in [0.29, 0.717) is 0 Å². The summed E-state index contributed by atoms with van der Waals surface area (Å²) in [6.45, 7) is 8.62. The second-order valence-electron chi connectivity index (χ2n) is 4.77. The molecule has 0 heterocycles. The van der Waals surface area contributed by atoms with E-state index in [4.69, 9.17) is 10.7 Å². The van der Waals surface area contributed by atoms with E-state index in [1.165, 1.54) is 34.4 Å². The molecule has 0 aliphatic heterocycles. The molecule has 0 spiro atoms. The Bertz CT molecular complexity index is 627. The average Bonchev–Trinajstić information content (AvgIpc) is 2.37. The van der Waals surface area contributed by atoms with Crippen molar-refractivity contribution in [3.8, 4) is 0 Å². The molecule has 0 bridgehead atoms. The average molecular weight is 311 g/mol. The summed E-state index contributed by atoms with van der Waals surface area (Å²) in [5.41, 5.74) is 5.57. The molecule has 2 aromatic rings. The van der Waals surface area contributed by atoms with E-state index in [1.807, 2.05) is 0 Å². The quantitative estimate of drug-likeness (QED) is 0.725. The summed E-state index contributed by atoms with van der Waals surface area (Å²) in [6, 6.07) is 12.3. The van der Waals surface area contributed by atoms with E-state index >= 15 is 0 Å². The number of hydrogen-bond acceptors (Lipinski definition) is 2. The van der Waals surface area contributed by atoms with Crippen LogP contribution >= 0.6 is 10.7 Å². The van der Waals surface area contributed by atoms with Crippen molar-refractivity contribution in [3.05, 3.63) is 64.7 Å². The standard InChI is InChI=1S/C10H14.C6H5ClO2S/c1-7-5-9(3)10(4)6-8(7)2;7-10(8,9)6-4-2-1-3-5-6/h5-6H,1-4H3;1-5H. The Morgan fingerprint density at radius 3 is 1.35 bits per heavy atom. The van der Waals surface area contributed by atoms with Gasteiger partial charge in [0.1, 0.15) is 0 Å². The highest BCUT2D eigenvalue weighted by molar-refractivity contribution is 8.13. The first-order valence-electron chi connectivity index (χ1n) is 6.26. The van der Waals surface area contributed by atoms with Gasteiger partial charge in [0.2, 0.25) is 0 Å². The van der Waals surface area contributed by atoms with E-state index < -0.39 is 9.05 Å². The van der Waals surface area contributed by atoms with Crippen molar-refractivity contribution in [2.24, 2.45) is 0 Å². The van der Waals surface area contributed by atoms with Crippen molar-refractivity contribution in [2.45, 2.75) is 32.6 Å². The molecule has 0 atom stereocenters. The van der Waals surface area contributed by atoms with Crippen LogP contribution in [0.25, 0.3) is 0 Å². The molecule has 0 amide bonds. The molecular formula is C16H19ClO2S. The third-order valence-electron chi connectivity index (χ3n) is 3.13. The first-order chi connectivity index (χ1) is 9.21. The van der Waals surface area contributed by atoms with Crippen LogP contribution in [-0.2, 0) is 9.05 Å². The lowest BCUT2D eigenvalue weighted by Crippen LogP contribution is -1.87. The lowest BCUT2D eigenvalue weighted by molar-refractivity contribution is 0.609. The molecule has 0 fully saturated rings. The molecule has 0 saturated carbocycles. The van der Waals surface area contributed by atoms with Gasteiger partial charge in [-0.25, -0.2) is 8.42 Å². The number of halogens is 1. The van der Waals surface area contributed by atoms with Crippen molar-refractivity contribution in [1.82, 2.24) is 0 Å². The SMILES string of the molecule is Cc1cc(C)c(C)cc1C.O=S(=O)(Cl)c1ccccc1. The maximum atomic E-state index is 10.6. The molecule has 0 aliphatic carbocycles. The fraction of sp³-hybridized carbons (Fsp3) is 0.250. The highest BCUT2D eigenvalue weighted by Crippen LogP contribution is 2.13. The van der Waals surface area contributed by atoms with Gasteiger partial charge in [-0.15, -0.1) is 0 Å². The second-order valence-corrected chi connectivity index (χ2v) is 7.34. The fourth-order valence-electron chi connectivity index (χ4n) is 1.69. The van der Waals surface area contributed by atoms with Gasteiger partial charge in [0.25, 0.3) is 9.05 Å². The van der Waals surface area contributed by atoms with Crippen molar-refractivity contribution in [1.29, 1.82) is 0 Å². The molecule has 0 saturated heterocycles. The van der Waals surface area contributed by atoms with Gasteiger partial charge in [0.15, 0.2) is 0 Å². The van der Waals surface area contributed by atoms with Gasteiger partial charge in [0.05, 0.1) is 4.90 Å². The summed E-state index contributed by atoms with van der Waals surface area (Å²) >= 11 is 0. The second kappa shape index (κ2) is 6.91. The van der Waals surface area contributed by atoms with Crippen LogP contribution in [0.1, 0.15) is 22.3 Å². The van der Waals surface area contributed by atoms with Crippen LogP contribution in [0.3, 0.4) is 0 Å². The van der Waals surface area contributed by atoms with Crippen molar-refractivity contribution in [3.63, 3.8) is 0 Å². The molecule has 2 rings (SSSR count). The summed E-state index contributed by atoms with van der Waals surface area (Å²) in [6.07, 6.45) is 0. The van der Waals surface area contributed by atoms with Crippen LogP contribution in [0.5, 0.6) is 0 Å². The van der Waals surface area contributed by atoms with Crippen LogP contribution in [0, 0.1) is 27.7 Å². The molecule has 20 heavy (non-hydrogen) atoms. The highest BCUT2D eigenvalue weighted by atomic mass is 35.7. The molecule has 0 radical (unpaired) electrons. The van der Waals surface area contributed by atoms with Gasteiger partial charge in [-0.05, 0) is 62.1 Å². The Morgan fingerprint density at radius 2 is 1.10 bits per heavy atom. The zero-order chi connectivity index (χ0) is 15.3. The maximum Gasteiger partial charge on any atom is 0.261 e. The fourth-order valence-corrected chi connectivity index (χ4v) is 2.48. The first-order valence-corrected chi connectivity index (χ1v) is 8.57. The Kier molecular flexibility index (Phi) is 5.78. The molecule has 0 N–H and O–H groups in total. The van der Waals surface area contributed by atoms with Gasteiger partial charge in [-0.3, -0.25) is 0 Å². The molecule has 108 valence electrons. The summed E-state index contributed by atoms with van der Waals surface area (Å²) in [5, 5.41) is 0. The molecular weight excluding hydrogens is 292 g/mol. The number of rotatable bonds is 1. The van der Waals surface area contributed by atoms with E-state index in [2.05, 4.69) is 39.8 Å². The van der Waals surface area contributed by atoms with Crippen molar-refractivity contribution < 1.29 is 8.42 Å². The summed E-state index contributed by atoms with van der Waals surface area (Å²) in [4.78, 5) is 0.136. The zero-order valence-corrected chi connectivity index (χ0v) is 13.7. The minimum Gasteiger partial charge on any atom is -0.207 e. The predicted octanol–water partition coefficient (Wildman–Crippen LogP) is 4.53. The Labute approximate surface area is 125 Å². The largest absolute Gasteiger partial charge is 0.261 e.